The number of aliphatic hydroxyl groups excluding tert-OH is 1. The average Bonchev–Trinajstić information content (AvgIpc) is 1.47. The van der Waals surface area contributed by atoms with Crippen molar-refractivity contribution in [2.24, 2.45) is 11.5 Å². The molecule has 3 atom stereocenters. The Hall–Kier alpha value is -12.3. The van der Waals surface area contributed by atoms with Crippen LogP contribution in [-0.4, -0.2) is 139 Å². The first kappa shape index (κ1) is 112. The minimum atomic E-state index is -4.74. The van der Waals surface area contributed by atoms with Gasteiger partial charge in [0.05, 0.1) is 74.5 Å². The molecule has 0 unspecified atom stereocenters. The molecule has 0 aliphatic carbocycles. The fourth-order valence-electron chi connectivity index (χ4n) is 12.0. The highest BCUT2D eigenvalue weighted by Crippen LogP contribution is 2.43. The van der Waals surface area contributed by atoms with Crippen molar-refractivity contribution in [1.29, 1.82) is 0 Å². The van der Waals surface area contributed by atoms with Gasteiger partial charge in [-0.3, -0.25) is 9.59 Å². The van der Waals surface area contributed by atoms with E-state index in [1.165, 1.54) is 78.4 Å². The first-order chi connectivity index (χ1) is 63.0. The van der Waals surface area contributed by atoms with Crippen LogP contribution in [-0.2, 0) is 57.1 Å². The number of fused-ring (bicyclic) bond motifs is 3. The lowest BCUT2D eigenvalue weighted by molar-refractivity contribution is -0.141. The molecule has 46 heteroatoms. The van der Waals surface area contributed by atoms with Gasteiger partial charge in [0.1, 0.15) is 97.9 Å². The maximum atomic E-state index is 14.3. The van der Waals surface area contributed by atoms with Crippen LogP contribution in [0, 0.1) is 34.9 Å². The van der Waals surface area contributed by atoms with Crippen LogP contribution < -0.4 is 46.9 Å². The first-order valence-corrected chi connectivity index (χ1v) is 42.6. The van der Waals surface area contributed by atoms with Gasteiger partial charge in [0.25, 0.3) is 11.8 Å². The second kappa shape index (κ2) is 49.5. The van der Waals surface area contributed by atoms with Crippen LogP contribution in [0.4, 0.5) is 75.4 Å². The Morgan fingerprint density at radius 3 is 1.11 bits per heavy atom. The highest BCUT2D eigenvalue weighted by molar-refractivity contribution is 14.2. The summed E-state index contributed by atoms with van der Waals surface area (Å²) in [5.74, 6) is -8.74. The van der Waals surface area contributed by atoms with Gasteiger partial charge in [-0.1, -0.05) is 91.6 Å². The molecular weight excluding hydrogens is 2060 g/mol. The number of aliphatic hydroxyl groups is 1. The number of ether oxygens (including phenoxy) is 7. The van der Waals surface area contributed by atoms with Crippen molar-refractivity contribution < 1.29 is 146 Å². The van der Waals surface area contributed by atoms with Gasteiger partial charge in [-0.25, -0.2) is 70.6 Å². The normalized spacial score (nSPS) is 12.1. The zero-order chi connectivity index (χ0) is 99.2. The number of halogens is 17. The molecule has 0 fully saturated rings. The van der Waals surface area contributed by atoms with Crippen molar-refractivity contribution in [3.63, 3.8) is 0 Å². The number of hydrogen-bond donors (Lipinski definition) is 8. The molecule has 0 spiro atoms. The number of oxazole rings is 3. The minimum Gasteiger partial charge on any atom is -0.494 e. The van der Waals surface area contributed by atoms with Crippen molar-refractivity contribution in [3.8, 4) is 51.6 Å². The molecule has 136 heavy (non-hydrogen) atoms. The summed E-state index contributed by atoms with van der Waals surface area (Å²) >= 11 is 4.55. The summed E-state index contributed by atoms with van der Waals surface area (Å²) in [7, 11) is 4.95. The van der Waals surface area contributed by atoms with Crippen molar-refractivity contribution in [1.82, 2.24) is 51.2 Å². The third-order valence-corrected chi connectivity index (χ3v) is 18.5. The van der Waals surface area contributed by atoms with E-state index >= 15 is 0 Å². The maximum absolute atomic E-state index is 14.3. The first-order valence-electron chi connectivity index (χ1n) is 39.6. The molecule has 6 heterocycles. The van der Waals surface area contributed by atoms with Gasteiger partial charge in [-0.05, 0) is 139 Å². The van der Waals surface area contributed by atoms with Crippen molar-refractivity contribution in [2.45, 2.75) is 144 Å². The number of nitrogens with two attached hydrogens (primary N) is 2. The lowest BCUT2D eigenvalue weighted by Gasteiger charge is -2.24. The highest BCUT2D eigenvalue weighted by Gasteiger charge is 2.39. The molecule has 0 bridgehead atoms. The van der Waals surface area contributed by atoms with Gasteiger partial charge in [0.2, 0.25) is 17.7 Å². The third-order valence-electron chi connectivity index (χ3n) is 18.5. The zero-order valence-electron chi connectivity index (χ0n) is 72.7. The molecule has 6 aromatic heterocycles. The summed E-state index contributed by atoms with van der Waals surface area (Å²) in [6.07, 6.45) is -14.4. The number of carboxylic acids is 1. The molecular formula is C90H95F15I2N12O17. The van der Waals surface area contributed by atoms with E-state index in [1.54, 1.807) is 41.5 Å². The number of nitrogens with zero attached hydrogens (tertiary/aromatic N) is 6. The molecule has 29 nitrogen and oxygen atoms in total. The van der Waals surface area contributed by atoms with Crippen LogP contribution in [0.1, 0.15) is 177 Å². The molecule has 0 radical (unpaired) electrons. The Morgan fingerprint density at radius 2 is 0.801 bits per heavy atom. The van der Waals surface area contributed by atoms with Crippen LogP contribution >= 0.6 is 45.2 Å². The number of methoxy groups -OCH3 is 4. The number of aromatic nitrogens is 6. The number of aromatic carboxylic acids is 1. The fourth-order valence-corrected chi connectivity index (χ4v) is 12.0. The number of rotatable bonds is 27. The quantitative estimate of drug-likeness (QED) is 0.0103. The fraction of sp³-hybridized carbons (Fsp3) is 0.344. The lowest BCUT2D eigenvalue weighted by atomic mass is 10.1. The second-order valence-electron chi connectivity index (χ2n) is 30.1. The van der Waals surface area contributed by atoms with Crippen LogP contribution in [0.3, 0.4) is 0 Å². The van der Waals surface area contributed by atoms with E-state index in [0.29, 0.717) is 24.1 Å². The second-order valence-corrected chi connectivity index (χ2v) is 34.6. The summed E-state index contributed by atoms with van der Waals surface area (Å²) < 4.78 is 255. The Balaban J connectivity index is 0.000000292. The number of nitrogens with one attached hydrogen (secondary N) is 4. The minimum absolute atomic E-state index is 0. The average molecular weight is 2160 g/mol. The molecule has 0 aliphatic rings. The molecule has 12 aromatic rings. The lowest BCUT2D eigenvalue weighted by Crippen LogP contribution is -2.35. The predicted octanol–water partition coefficient (Wildman–Crippen LogP) is 21.0. The third kappa shape index (κ3) is 30.4. The monoisotopic (exact) mass is 2150 g/mol. The standard InChI is InChI=1S/C30H29F5N4O6.C26H30F3N3O7.C24H19F5N4O4.C7H7F2N.CH2I2.2CH4/c1-29(2,3)44-14-20(37-28(41)43-5)25-24(26(40)36-13-15-6-7-16(31)12-19(15)32)39-27(45-25)18-8-10-21(42-4)23-17(18)9-11-22(38-23)30(33,34)35;1-6-7-12-37-24(35)30-16(13-38-25(2,3)4)21-20(23(33)34)32-22(39-21)15-8-10-17(36-5)19-14(15)9-11-18(31-19)26(27,28)29;1-36-17-6-4-14(13-5-7-18(24(27,28)29)32-19(13)17)23-33-20(21(37-23)16(30)10-34)22(35)31-9-11-2-3-12(25)8-15(11)26;8-6-2-1-5(4-10)7(9)3-6;2-1-3;;/h6-12,20H,13-14H2,1-5H3,(H,36,40)(H,37,41);8-11,16H,6-7,12-13H2,1-5H3,(H,30,35)(H,33,34);2-8,16,34H,9-10,30H2,1H3,(H,31,35);1-3H,4,10H2;1H2;2*1H4/t20-;2*16-;;;;/m000..../s1. The van der Waals surface area contributed by atoms with Gasteiger partial charge in [-0.15, -0.1) is 0 Å². The Kier molecular flexibility index (Phi) is 40.9. The molecule has 0 saturated heterocycles. The van der Waals surface area contributed by atoms with Gasteiger partial charge < -0.3 is 89.4 Å². The van der Waals surface area contributed by atoms with E-state index in [9.17, 15) is 100 Å². The summed E-state index contributed by atoms with van der Waals surface area (Å²) in [5.41, 5.74) is 5.45. The molecule has 12 rings (SSSR count). The summed E-state index contributed by atoms with van der Waals surface area (Å²) in [4.78, 5) is 86.9. The number of carbonyl (C=O) groups excluding carboxylic acids is 4. The van der Waals surface area contributed by atoms with Crippen LogP contribution in [0.5, 0.6) is 17.2 Å². The van der Waals surface area contributed by atoms with E-state index in [0.717, 1.165) is 74.2 Å². The Bertz CT molecular complexity index is 6130. The molecule has 10 N–H and O–H groups in total. The summed E-state index contributed by atoms with van der Waals surface area (Å²) in [5, 5.41) is 29.9. The van der Waals surface area contributed by atoms with E-state index in [2.05, 4.69) is 96.4 Å². The number of pyridine rings is 3. The number of carboxylic acid groups (broad SMARTS) is 1. The molecule has 6 aromatic carbocycles. The van der Waals surface area contributed by atoms with E-state index < -0.39 is 142 Å². The van der Waals surface area contributed by atoms with Crippen molar-refractivity contribution in [3.05, 3.63) is 230 Å². The van der Waals surface area contributed by atoms with Gasteiger partial charge in [-0.2, -0.15) is 39.5 Å². The Morgan fingerprint density at radius 1 is 0.471 bits per heavy atom. The number of alkyl carbamates (subject to hydrolysis) is 2. The highest BCUT2D eigenvalue weighted by atomic mass is 127. The maximum Gasteiger partial charge on any atom is 0.433 e. The molecule has 0 aliphatic heterocycles. The van der Waals surface area contributed by atoms with Crippen molar-refractivity contribution in [2.75, 3.05) is 57.3 Å². The number of benzene rings is 6. The van der Waals surface area contributed by atoms with E-state index in [1.807, 2.05) is 6.92 Å². The smallest absolute Gasteiger partial charge is 0.433 e. The number of carbonyl (C=O) groups is 5. The van der Waals surface area contributed by atoms with Crippen LogP contribution in [0.25, 0.3) is 67.1 Å². The van der Waals surface area contributed by atoms with E-state index in [4.69, 9.17) is 57.9 Å². The number of alkyl halides is 11. The predicted molar refractivity (Wildman–Crippen MR) is 485 cm³/mol. The van der Waals surface area contributed by atoms with Gasteiger partial charge >= 0.3 is 36.7 Å². The van der Waals surface area contributed by atoms with Crippen LogP contribution in [0.2, 0.25) is 0 Å². The van der Waals surface area contributed by atoms with Crippen molar-refractivity contribution >= 4 is 108 Å². The number of hydrogen-bond acceptors (Lipinski definition) is 24. The molecule has 736 valence electrons. The summed E-state index contributed by atoms with van der Waals surface area (Å²) in [6.45, 7) is 11.1. The molecule has 0 saturated carbocycles. The van der Waals surface area contributed by atoms with Gasteiger partial charge in [0.15, 0.2) is 34.4 Å². The zero-order valence-corrected chi connectivity index (χ0v) is 77.0. The van der Waals surface area contributed by atoms with E-state index in [-0.39, 0.29) is 178 Å². The topological polar surface area (TPSA) is 407 Å². The van der Waals surface area contributed by atoms with Crippen LogP contribution in [0.15, 0.2) is 141 Å². The SMILES string of the molecule is C.C.CCCCOC(=O)N[C@@H](COC(C)(C)C)c1oc(-c2ccc(OC)c3nc(C(F)(F)F)ccc23)nc1C(=O)O.COC(=O)N[C@@H](COC(C)(C)C)c1oc(-c2ccc(OC)c3nc(C(F)(F)F)ccc23)nc1C(=O)NCc1ccc(F)cc1F.COc1ccc(-c2nc(C(=O)NCc3ccc(F)cc3F)c([C@@H](N)CO)o2)c2ccc(C(F)(F)F)nc12.ICI.NCc1ccc(F)cc1F. The number of unbranched alkanes of at least 4 members (excludes halogenated alkanes) is 1. The number of amides is 4. The molecule has 4 amide bonds. The Labute approximate surface area is 795 Å². The van der Waals surface area contributed by atoms with Gasteiger partial charge in [0, 0.05) is 87.4 Å². The largest absolute Gasteiger partial charge is 0.494 e. The summed E-state index contributed by atoms with van der Waals surface area (Å²) in [6, 6.07) is 19.9.